The summed E-state index contributed by atoms with van der Waals surface area (Å²) >= 11 is 0. The van der Waals surface area contributed by atoms with E-state index in [0.29, 0.717) is 19.5 Å². The molecule has 5 nitrogen and oxygen atoms in total. The van der Waals surface area contributed by atoms with Crippen LogP contribution in [0.1, 0.15) is 65.2 Å². The number of piperidine rings is 1. The normalized spacial score (nSPS) is 19.2. The zero-order valence-corrected chi connectivity index (χ0v) is 14.8. The van der Waals surface area contributed by atoms with Gasteiger partial charge >= 0.3 is 0 Å². The molecule has 22 heavy (non-hydrogen) atoms. The van der Waals surface area contributed by atoms with Crippen molar-refractivity contribution >= 4 is 24.2 Å². The molecular weight excluding hydrogens is 302 g/mol. The Morgan fingerprint density at radius 1 is 1.27 bits per heavy atom. The van der Waals surface area contributed by atoms with Crippen LogP contribution in [-0.2, 0) is 9.59 Å². The fourth-order valence-corrected chi connectivity index (χ4v) is 2.86. The number of halogens is 1. The molecule has 2 unspecified atom stereocenters. The second kappa shape index (κ2) is 11.7. The largest absolute Gasteiger partial charge is 0.350 e. The molecule has 6 heteroatoms. The van der Waals surface area contributed by atoms with Crippen molar-refractivity contribution in [3.8, 4) is 0 Å². The number of amides is 2. The minimum absolute atomic E-state index is 0. The smallest absolute Gasteiger partial charge is 0.243 e. The van der Waals surface area contributed by atoms with Gasteiger partial charge in [0.25, 0.3) is 0 Å². The maximum atomic E-state index is 12.5. The molecule has 0 aromatic heterocycles. The molecule has 0 saturated carbocycles. The third kappa shape index (κ3) is 6.53. The van der Waals surface area contributed by atoms with Crippen molar-refractivity contribution in [3.05, 3.63) is 0 Å². The van der Waals surface area contributed by atoms with E-state index in [9.17, 15) is 9.59 Å². The van der Waals surface area contributed by atoms with Gasteiger partial charge in [0.05, 0.1) is 0 Å². The van der Waals surface area contributed by atoms with Crippen molar-refractivity contribution in [2.24, 2.45) is 5.73 Å². The summed E-state index contributed by atoms with van der Waals surface area (Å²) in [4.78, 5) is 26.4. The monoisotopic (exact) mass is 333 g/mol. The van der Waals surface area contributed by atoms with Crippen LogP contribution in [0.3, 0.4) is 0 Å². The molecule has 1 saturated heterocycles. The van der Waals surface area contributed by atoms with Gasteiger partial charge in [-0.15, -0.1) is 12.4 Å². The van der Waals surface area contributed by atoms with Gasteiger partial charge < -0.3 is 16.0 Å². The number of carbonyl (C=O) groups is 2. The van der Waals surface area contributed by atoms with Gasteiger partial charge in [0.2, 0.25) is 11.8 Å². The highest BCUT2D eigenvalue weighted by molar-refractivity contribution is 5.88. The van der Waals surface area contributed by atoms with E-state index in [4.69, 9.17) is 5.73 Å². The Balaban J connectivity index is 0.00000441. The standard InChI is InChI=1S/C16H31N3O2.ClH/c1-3-5-9-13(12-17)18-16(21)14-10-6-7-11-19(14)15(20)8-4-2;/h13-14H,3-12,17H2,1-2H3,(H,18,21);1H. The number of nitrogens with two attached hydrogens (primary N) is 1. The molecule has 2 amide bonds. The number of nitrogens with one attached hydrogen (secondary N) is 1. The minimum Gasteiger partial charge on any atom is -0.350 e. The lowest BCUT2D eigenvalue weighted by atomic mass is 9.99. The van der Waals surface area contributed by atoms with Gasteiger partial charge in [0.15, 0.2) is 0 Å². The van der Waals surface area contributed by atoms with E-state index in [2.05, 4.69) is 12.2 Å². The van der Waals surface area contributed by atoms with Crippen LogP contribution in [0.25, 0.3) is 0 Å². The van der Waals surface area contributed by atoms with Crippen molar-refractivity contribution in [2.45, 2.75) is 77.3 Å². The number of unbranched alkanes of at least 4 members (excludes halogenated alkanes) is 1. The van der Waals surface area contributed by atoms with E-state index >= 15 is 0 Å². The predicted octanol–water partition coefficient (Wildman–Crippen LogP) is 2.22. The molecule has 0 aliphatic carbocycles. The van der Waals surface area contributed by atoms with E-state index in [1.165, 1.54) is 0 Å². The first-order chi connectivity index (χ1) is 10.1. The van der Waals surface area contributed by atoms with E-state index in [1.54, 1.807) is 4.90 Å². The number of hydrogen-bond donors (Lipinski definition) is 2. The van der Waals surface area contributed by atoms with Crippen LogP contribution in [-0.4, -0.2) is 41.9 Å². The van der Waals surface area contributed by atoms with Gasteiger partial charge in [-0.3, -0.25) is 9.59 Å². The van der Waals surface area contributed by atoms with Crippen molar-refractivity contribution in [2.75, 3.05) is 13.1 Å². The quantitative estimate of drug-likeness (QED) is 0.715. The Hall–Kier alpha value is -0.810. The fourth-order valence-electron chi connectivity index (χ4n) is 2.86. The van der Waals surface area contributed by atoms with Crippen molar-refractivity contribution < 1.29 is 9.59 Å². The summed E-state index contributed by atoms with van der Waals surface area (Å²) in [6.07, 6.45) is 7.19. The minimum atomic E-state index is -0.298. The summed E-state index contributed by atoms with van der Waals surface area (Å²) in [5, 5.41) is 3.04. The molecule has 1 fully saturated rings. The van der Waals surface area contributed by atoms with Crippen molar-refractivity contribution in [1.82, 2.24) is 10.2 Å². The average Bonchev–Trinajstić information content (AvgIpc) is 2.51. The molecule has 0 radical (unpaired) electrons. The first-order valence-electron chi connectivity index (χ1n) is 8.43. The van der Waals surface area contributed by atoms with E-state index in [-0.39, 0.29) is 36.3 Å². The lowest BCUT2D eigenvalue weighted by Gasteiger charge is -2.35. The maximum Gasteiger partial charge on any atom is 0.243 e. The lowest BCUT2D eigenvalue weighted by Crippen LogP contribution is -2.54. The predicted molar refractivity (Wildman–Crippen MR) is 92.0 cm³/mol. The maximum absolute atomic E-state index is 12.5. The Kier molecular flexibility index (Phi) is 11.3. The molecule has 1 aliphatic heterocycles. The number of likely N-dealkylation sites (tertiary alicyclic amines) is 1. The molecule has 2 atom stereocenters. The SMILES string of the molecule is CCCCC(CN)NC(=O)C1CCCCN1C(=O)CCC.Cl. The van der Waals surface area contributed by atoms with E-state index in [1.807, 2.05) is 6.92 Å². The highest BCUT2D eigenvalue weighted by atomic mass is 35.5. The first-order valence-corrected chi connectivity index (χ1v) is 8.43. The molecule has 0 spiro atoms. The summed E-state index contributed by atoms with van der Waals surface area (Å²) in [6.45, 7) is 5.29. The molecule has 3 N–H and O–H groups in total. The highest BCUT2D eigenvalue weighted by Crippen LogP contribution is 2.19. The van der Waals surface area contributed by atoms with Crippen molar-refractivity contribution in [1.29, 1.82) is 0 Å². The summed E-state index contributed by atoms with van der Waals surface area (Å²) in [7, 11) is 0. The average molecular weight is 334 g/mol. The van der Waals surface area contributed by atoms with E-state index < -0.39 is 0 Å². The third-order valence-corrected chi connectivity index (χ3v) is 4.13. The molecule has 130 valence electrons. The van der Waals surface area contributed by atoms with Gasteiger partial charge in [0, 0.05) is 25.6 Å². The van der Waals surface area contributed by atoms with Crippen LogP contribution in [0, 0.1) is 0 Å². The van der Waals surface area contributed by atoms with Crippen LogP contribution in [0.5, 0.6) is 0 Å². The third-order valence-electron chi connectivity index (χ3n) is 4.13. The van der Waals surface area contributed by atoms with Gasteiger partial charge in [-0.1, -0.05) is 26.7 Å². The Bertz CT molecular complexity index is 339. The Morgan fingerprint density at radius 2 is 2.00 bits per heavy atom. The van der Waals surface area contributed by atoms with Crippen LogP contribution < -0.4 is 11.1 Å². The number of rotatable bonds is 8. The van der Waals surface area contributed by atoms with Gasteiger partial charge in [-0.25, -0.2) is 0 Å². The Labute approximate surface area is 140 Å². The molecule has 0 bridgehead atoms. The van der Waals surface area contributed by atoms with Crippen LogP contribution >= 0.6 is 12.4 Å². The zero-order chi connectivity index (χ0) is 15.7. The van der Waals surface area contributed by atoms with E-state index in [0.717, 1.165) is 44.9 Å². The molecule has 1 rings (SSSR count). The first kappa shape index (κ1) is 21.2. The highest BCUT2D eigenvalue weighted by Gasteiger charge is 2.32. The molecule has 1 heterocycles. The molecule has 1 aliphatic rings. The molecular formula is C16H32ClN3O2. The summed E-state index contributed by atoms with van der Waals surface area (Å²) in [5.74, 6) is 0.0842. The summed E-state index contributed by atoms with van der Waals surface area (Å²) in [6, 6.07) is -0.268. The van der Waals surface area contributed by atoms with Gasteiger partial charge in [-0.05, 0) is 32.1 Å². The Morgan fingerprint density at radius 3 is 2.59 bits per heavy atom. The van der Waals surface area contributed by atoms with Crippen LogP contribution in [0.4, 0.5) is 0 Å². The summed E-state index contributed by atoms with van der Waals surface area (Å²) in [5.41, 5.74) is 5.74. The second-order valence-corrected chi connectivity index (χ2v) is 5.93. The lowest BCUT2D eigenvalue weighted by molar-refractivity contribution is -0.142. The van der Waals surface area contributed by atoms with Gasteiger partial charge in [0.1, 0.15) is 6.04 Å². The van der Waals surface area contributed by atoms with Crippen molar-refractivity contribution in [3.63, 3.8) is 0 Å². The second-order valence-electron chi connectivity index (χ2n) is 5.93. The topological polar surface area (TPSA) is 75.4 Å². The molecule has 0 aromatic rings. The van der Waals surface area contributed by atoms with Crippen LogP contribution in [0.2, 0.25) is 0 Å². The fraction of sp³-hybridized carbons (Fsp3) is 0.875. The molecule has 0 aromatic carbocycles. The number of carbonyl (C=O) groups excluding carboxylic acids is 2. The zero-order valence-electron chi connectivity index (χ0n) is 14.0. The summed E-state index contributed by atoms with van der Waals surface area (Å²) < 4.78 is 0. The number of nitrogens with zero attached hydrogens (tertiary/aromatic N) is 1. The number of hydrogen-bond acceptors (Lipinski definition) is 3. The van der Waals surface area contributed by atoms with Gasteiger partial charge in [-0.2, -0.15) is 0 Å². The van der Waals surface area contributed by atoms with Crippen LogP contribution in [0.15, 0.2) is 0 Å².